The van der Waals surface area contributed by atoms with E-state index in [1.807, 2.05) is 54.6 Å². The second kappa shape index (κ2) is 7.72. The highest BCUT2D eigenvalue weighted by Crippen LogP contribution is 2.34. The zero-order chi connectivity index (χ0) is 20.3. The van der Waals surface area contributed by atoms with E-state index < -0.39 is 0 Å². The van der Waals surface area contributed by atoms with E-state index in [1.54, 1.807) is 12.3 Å². The number of nitriles is 1. The Hall–Kier alpha value is -4.11. The number of benzene rings is 2. The lowest BCUT2D eigenvalue weighted by Gasteiger charge is -2.13. The Morgan fingerprint density at radius 3 is 2.83 bits per heavy atom. The minimum atomic E-state index is 0.433. The van der Waals surface area contributed by atoms with Crippen LogP contribution in [0.4, 0.5) is 0 Å². The van der Waals surface area contributed by atoms with Gasteiger partial charge in [-0.1, -0.05) is 24.3 Å². The fourth-order valence-corrected chi connectivity index (χ4v) is 3.53. The van der Waals surface area contributed by atoms with Gasteiger partial charge in [-0.05, 0) is 36.4 Å². The van der Waals surface area contributed by atoms with Crippen molar-refractivity contribution in [3.8, 4) is 28.8 Å². The molecule has 2 bridgehead atoms. The molecule has 1 aliphatic rings. The number of para-hydroxylation sites is 2. The first-order chi connectivity index (χ1) is 14.8. The molecule has 5 rings (SSSR count). The van der Waals surface area contributed by atoms with Crippen molar-refractivity contribution in [3.63, 3.8) is 0 Å². The average Bonchev–Trinajstić information content (AvgIpc) is 3.19. The van der Waals surface area contributed by atoms with E-state index in [0.29, 0.717) is 30.9 Å². The normalized spacial score (nSPS) is 14.4. The van der Waals surface area contributed by atoms with Gasteiger partial charge in [-0.15, -0.1) is 0 Å². The minimum absolute atomic E-state index is 0.433. The SMILES string of the molecule is N#Cc1cccc2c1OCCCOc1ccccc1/C=C/c1n[nH]c3cnc-2cc13. The van der Waals surface area contributed by atoms with Crippen molar-refractivity contribution in [3.05, 3.63) is 71.5 Å². The number of hydrogen-bond donors (Lipinski definition) is 1. The first-order valence-corrected chi connectivity index (χ1v) is 9.74. The second-order valence-electron chi connectivity index (χ2n) is 6.94. The van der Waals surface area contributed by atoms with Crippen molar-refractivity contribution in [2.24, 2.45) is 0 Å². The number of fused-ring (bicyclic) bond motifs is 4. The molecule has 0 saturated carbocycles. The van der Waals surface area contributed by atoms with Crippen LogP contribution < -0.4 is 9.47 Å². The van der Waals surface area contributed by atoms with Crippen molar-refractivity contribution in [1.29, 1.82) is 5.26 Å². The molecule has 1 N–H and O–H groups in total. The number of nitrogens with zero attached hydrogens (tertiary/aromatic N) is 3. The standard InChI is InChI=1S/C24H18N4O2/c25-14-17-6-3-7-18-21-13-19-20(27-28-22(19)15-26-21)10-9-16-5-1-2-8-23(16)29-11-4-12-30-24(17)18/h1-3,5-10,13,15H,4,11-12H2,(H,27,28)/b10-9+. The number of aromatic nitrogens is 3. The predicted octanol–water partition coefficient (Wildman–Crippen LogP) is 4.83. The Morgan fingerprint density at radius 1 is 1.00 bits per heavy atom. The van der Waals surface area contributed by atoms with Crippen LogP contribution in [0.1, 0.15) is 23.2 Å². The smallest absolute Gasteiger partial charge is 0.146 e. The van der Waals surface area contributed by atoms with Crippen LogP contribution in [0.3, 0.4) is 0 Å². The molecule has 0 atom stereocenters. The molecular weight excluding hydrogens is 376 g/mol. The third-order valence-electron chi connectivity index (χ3n) is 5.02. The van der Waals surface area contributed by atoms with Crippen molar-refractivity contribution in [2.75, 3.05) is 13.2 Å². The highest BCUT2D eigenvalue weighted by atomic mass is 16.5. The summed E-state index contributed by atoms with van der Waals surface area (Å²) in [6.45, 7) is 0.941. The van der Waals surface area contributed by atoms with Crippen LogP contribution in [0.15, 0.2) is 54.7 Å². The summed E-state index contributed by atoms with van der Waals surface area (Å²) in [7, 11) is 0. The van der Waals surface area contributed by atoms with Crippen molar-refractivity contribution in [1.82, 2.24) is 15.2 Å². The first kappa shape index (κ1) is 18.0. The molecule has 6 heteroatoms. The van der Waals surface area contributed by atoms with Gasteiger partial charge in [-0.3, -0.25) is 10.1 Å². The molecule has 2 aromatic heterocycles. The summed E-state index contributed by atoms with van der Waals surface area (Å²) in [5, 5.41) is 18.0. The lowest BCUT2D eigenvalue weighted by Crippen LogP contribution is -2.07. The van der Waals surface area contributed by atoms with Crippen LogP contribution in [0.5, 0.6) is 11.5 Å². The van der Waals surface area contributed by atoms with Crippen LogP contribution in [0.2, 0.25) is 0 Å². The largest absolute Gasteiger partial charge is 0.493 e. The lowest BCUT2D eigenvalue weighted by molar-refractivity contribution is 0.247. The number of hydrogen-bond acceptors (Lipinski definition) is 5. The van der Waals surface area contributed by atoms with Crippen LogP contribution in [-0.2, 0) is 0 Å². The van der Waals surface area contributed by atoms with E-state index >= 15 is 0 Å². The molecule has 1 aliphatic heterocycles. The van der Waals surface area contributed by atoms with Crippen LogP contribution in [-0.4, -0.2) is 28.4 Å². The van der Waals surface area contributed by atoms with E-state index in [2.05, 4.69) is 21.3 Å². The van der Waals surface area contributed by atoms with Gasteiger partial charge in [0.2, 0.25) is 0 Å². The van der Waals surface area contributed by atoms with Crippen molar-refractivity contribution in [2.45, 2.75) is 6.42 Å². The van der Waals surface area contributed by atoms with Gasteiger partial charge in [0.25, 0.3) is 0 Å². The Morgan fingerprint density at radius 2 is 1.90 bits per heavy atom. The highest BCUT2D eigenvalue weighted by Gasteiger charge is 2.15. The van der Waals surface area contributed by atoms with E-state index in [4.69, 9.17) is 9.47 Å². The van der Waals surface area contributed by atoms with Gasteiger partial charge in [0.05, 0.1) is 41.9 Å². The first-order valence-electron chi connectivity index (χ1n) is 9.74. The summed E-state index contributed by atoms with van der Waals surface area (Å²) in [4.78, 5) is 4.57. The fraction of sp³-hybridized carbons (Fsp3) is 0.125. The van der Waals surface area contributed by atoms with E-state index in [-0.39, 0.29) is 0 Å². The van der Waals surface area contributed by atoms with Gasteiger partial charge in [0.15, 0.2) is 0 Å². The molecule has 0 spiro atoms. The van der Waals surface area contributed by atoms with E-state index in [1.165, 1.54) is 0 Å². The topological polar surface area (TPSA) is 83.8 Å². The molecule has 3 heterocycles. The number of aromatic amines is 1. The Balaban J connectivity index is 1.68. The molecule has 0 fully saturated rings. The quantitative estimate of drug-likeness (QED) is 0.462. The maximum atomic E-state index is 9.57. The van der Waals surface area contributed by atoms with Gasteiger partial charge in [-0.2, -0.15) is 10.4 Å². The van der Waals surface area contributed by atoms with Gasteiger partial charge in [-0.25, -0.2) is 0 Å². The molecule has 0 radical (unpaired) electrons. The molecule has 6 nitrogen and oxygen atoms in total. The van der Waals surface area contributed by atoms with Gasteiger partial charge < -0.3 is 9.47 Å². The van der Waals surface area contributed by atoms with E-state index in [9.17, 15) is 5.26 Å². The van der Waals surface area contributed by atoms with Crippen LogP contribution in [0.25, 0.3) is 34.3 Å². The molecule has 0 amide bonds. The van der Waals surface area contributed by atoms with E-state index in [0.717, 1.165) is 39.2 Å². The third kappa shape index (κ3) is 3.27. The summed E-state index contributed by atoms with van der Waals surface area (Å²) in [5.41, 5.74) is 4.62. The highest BCUT2D eigenvalue weighted by molar-refractivity contribution is 5.92. The number of pyridine rings is 1. The van der Waals surface area contributed by atoms with Crippen molar-refractivity contribution >= 4 is 23.1 Å². The number of rotatable bonds is 0. The fourth-order valence-electron chi connectivity index (χ4n) is 3.53. The third-order valence-corrected chi connectivity index (χ3v) is 5.02. The zero-order valence-corrected chi connectivity index (χ0v) is 16.1. The molecule has 2 aromatic carbocycles. The Kier molecular flexibility index (Phi) is 4.62. The summed E-state index contributed by atoms with van der Waals surface area (Å²) in [5.74, 6) is 1.35. The van der Waals surface area contributed by atoms with Gasteiger partial charge >= 0.3 is 0 Å². The number of nitrogens with one attached hydrogen (secondary N) is 1. The lowest BCUT2D eigenvalue weighted by atomic mass is 10.0. The van der Waals surface area contributed by atoms with Crippen molar-refractivity contribution < 1.29 is 9.47 Å². The molecule has 0 unspecified atom stereocenters. The molecular formula is C24H18N4O2. The maximum absolute atomic E-state index is 9.57. The number of H-pyrrole nitrogens is 1. The van der Waals surface area contributed by atoms with Gasteiger partial charge in [0, 0.05) is 22.9 Å². The van der Waals surface area contributed by atoms with Crippen LogP contribution >= 0.6 is 0 Å². The maximum Gasteiger partial charge on any atom is 0.146 e. The monoisotopic (exact) mass is 394 g/mol. The summed E-state index contributed by atoms with van der Waals surface area (Å²) >= 11 is 0. The second-order valence-corrected chi connectivity index (χ2v) is 6.94. The molecule has 146 valence electrons. The van der Waals surface area contributed by atoms with Gasteiger partial charge in [0.1, 0.15) is 17.6 Å². The summed E-state index contributed by atoms with van der Waals surface area (Å²) < 4.78 is 12.0. The number of ether oxygens (including phenoxy) is 2. The molecule has 0 saturated heterocycles. The zero-order valence-electron chi connectivity index (χ0n) is 16.1. The Bertz CT molecular complexity index is 1300. The summed E-state index contributed by atoms with van der Waals surface area (Å²) in [6, 6.07) is 17.6. The minimum Gasteiger partial charge on any atom is -0.493 e. The summed E-state index contributed by atoms with van der Waals surface area (Å²) in [6.07, 6.45) is 6.41. The Labute approximate surface area is 173 Å². The average molecular weight is 394 g/mol. The molecule has 0 aliphatic carbocycles. The predicted molar refractivity (Wildman–Crippen MR) is 115 cm³/mol. The molecule has 30 heavy (non-hydrogen) atoms. The molecule has 4 aromatic rings. The van der Waals surface area contributed by atoms with Crippen LogP contribution in [0, 0.1) is 11.3 Å².